The van der Waals surface area contributed by atoms with Crippen molar-refractivity contribution >= 4 is 39.8 Å². The second-order valence-electron chi connectivity index (χ2n) is 7.48. The number of carbonyl (C=O) groups is 2. The Hall–Kier alpha value is -0.690. The molecule has 4 bridgehead atoms. The maximum Gasteiger partial charge on any atom is 0.321 e. The van der Waals surface area contributed by atoms with Crippen LogP contribution < -0.4 is 10.6 Å². The molecule has 4 aliphatic carbocycles. The van der Waals surface area contributed by atoms with E-state index in [9.17, 15) is 9.59 Å². The summed E-state index contributed by atoms with van der Waals surface area (Å²) in [5.74, 6) is 3.38. The van der Waals surface area contributed by atoms with E-state index in [-0.39, 0.29) is 23.2 Å². The van der Waals surface area contributed by atoms with E-state index >= 15 is 0 Å². The van der Waals surface area contributed by atoms with Crippen LogP contribution >= 0.6 is 23.5 Å². The lowest BCUT2D eigenvalue weighted by Gasteiger charge is -2.56. The number of aliphatic imine (C=N–C) groups is 1. The van der Waals surface area contributed by atoms with Crippen LogP contribution in [0, 0.1) is 17.8 Å². The summed E-state index contributed by atoms with van der Waals surface area (Å²) >= 11 is 3.10. The summed E-state index contributed by atoms with van der Waals surface area (Å²) in [6, 6.07) is -0.307. The first-order chi connectivity index (χ1) is 11.1. The fourth-order valence-corrected chi connectivity index (χ4v) is 7.04. The lowest BCUT2D eigenvalue weighted by atomic mass is 9.53. The highest BCUT2D eigenvalue weighted by Gasteiger charge is 2.51. The number of amides is 3. The van der Waals surface area contributed by atoms with Gasteiger partial charge in [-0.05, 0) is 56.3 Å². The summed E-state index contributed by atoms with van der Waals surface area (Å²) in [4.78, 5) is 28.5. The number of nitrogens with one attached hydrogen (secondary N) is 2. The van der Waals surface area contributed by atoms with E-state index in [1.807, 2.05) is 0 Å². The van der Waals surface area contributed by atoms with Crippen LogP contribution in [0.4, 0.5) is 4.79 Å². The van der Waals surface area contributed by atoms with Crippen molar-refractivity contribution in [3.63, 3.8) is 0 Å². The van der Waals surface area contributed by atoms with Crippen molar-refractivity contribution in [1.82, 2.24) is 10.6 Å². The molecule has 3 amide bonds. The summed E-state index contributed by atoms with van der Waals surface area (Å²) in [6.07, 6.45) is 7.34. The molecule has 0 saturated heterocycles. The van der Waals surface area contributed by atoms with Crippen LogP contribution in [0.3, 0.4) is 0 Å². The van der Waals surface area contributed by atoms with E-state index in [1.54, 1.807) is 11.8 Å². The molecule has 5 nitrogen and oxygen atoms in total. The molecule has 0 unspecified atom stereocenters. The SMILES string of the molecule is O=C(CSC1=NCCS1)NC(=O)NC12CC3CC(CC(C3)C1)C2. The third kappa shape index (κ3) is 3.55. The van der Waals surface area contributed by atoms with E-state index in [0.717, 1.165) is 53.7 Å². The summed E-state index contributed by atoms with van der Waals surface area (Å²) in [5.41, 5.74) is -0.0440. The zero-order valence-corrected chi connectivity index (χ0v) is 14.8. The van der Waals surface area contributed by atoms with E-state index in [1.165, 1.54) is 31.0 Å². The van der Waals surface area contributed by atoms with E-state index in [4.69, 9.17) is 0 Å². The molecule has 0 spiro atoms. The topological polar surface area (TPSA) is 70.6 Å². The van der Waals surface area contributed by atoms with Gasteiger partial charge in [0.15, 0.2) is 0 Å². The van der Waals surface area contributed by atoms with Crippen molar-refractivity contribution < 1.29 is 9.59 Å². The standard InChI is InChI=1S/C16H23N3O2S2/c20-13(9-23-15-17-1-2-22-15)18-14(21)19-16-6-10-3-11(7-16)5-12(4-10)8-16/h10-12H,1-9H2,(H2,18,19,20,21). The first kappa shape index (κ1) is 15.8. The monoisotopic (exact) mass is 353 g/mol. The fraction of sp³-hybridized carbons (Fsp3) is 0.812. The van der Waals surface area contributed by atoms with Crippen LogP contribution in [-0.2, 0) is 4.79 Å². The van der Waals surface area contributed by atoms with Gasteiger partial charge < -0.3 is 5.32 Å². The van der Waals surface area contributed by atoms with Crippen molar-refractivity contribution in [3.05, 3.63) is 0 Å². The Bertz CT molecular complexity index is 514. The summed E-state index contributed by atoms with van der Waals surface area (Å²) in [6.45, 7) is 0.834. The summed E-state index contributed by atoms with van der Waals surface area (Å²) in [7, 11) is 0. The minimum Gasteiger partial charge on any atom is -0.332 e. The Morgan fingerprint density at radius 2 is 1.83 bits per heavy atom. The second-order valence-corrected chi connectivity index (χ2v) is 9.79. The van der Waals surface area contributed by atoms with Crippen LogP contribution in [0.1, 0.15) is 38.5 Å². The Morgan fingerprint density at radius 1 is 1.17 bits per heavy atom. The number of hydrogen-bond donors (Lipinski definition) is 2. The fourth-order valence-electron chi connectivity index (χ4n) is 5.23. The molecule has 0 aromatic rings. The minimum absolute atomic E-state index is 0.0440. The molecule has 5 aliphatic rings. The van der Waals surface area contributed by atoms with Gasteiger partial charge in [0, 0.05) is 11.3 Å². The highest BCUT2D eigenvalue weighted by Crippen LogP contribution is 2.55. The van der Waals surface area contributed by atoms with E-state index in [0.29, 0.717) is 0 Å². The van der Waals surface area contributed by atoms with Crippen LogP contribution in [0.5, 0.6) is 0 Å². The van der Waals surface area contributed by atoms with Crippen molar-refractivity contribution in [2.45, 2.75) is 44.1 Å². The molecule has 1 aliphatic heterocycles. The molecule has 5 rings (SSSR count). The normalized spacial score (nSPS) is 37.6. The smallest absolute Gasteiger partial charge is 0.321 e. The van der Waals surface area contributed by atoms with Crippen molar-refractivity contribution in [1.29, 1.82) is 0 Å². The third-order valence-electron chi connectivity index (χ3n) is 5.55. The second kappa shape index (κ2) is 6.31. The maximum absolute atomic E-state index is 12.2. The molecule has 4 fully saturated rings. The van der Waals surface area contributed by atoms with Crippen LogP contribution in [0.2, 0.25) is 0 Å². The average Bonchev–Trinajstić information content (AvgIpc) is 2.96. The number of urea groups is 1. The van der Waals surface area contributed by atoms with E-state index < -0.39 is 0 Å². The summed E-state index contributed by atoms with van der Waals surface area (Å²) in [5, 5.41) is 5.67. The van der Waals surface area contributed by atoms with Crippen LogP contribution in [0.15, 0.2) is 4.99 Å². The number of imide groups is 1. The molecule has 4 saturated carbocycles. The Kier molecular flexibility index (Phi) is 4.34. The van der Waals surface area contributed by atoms with Gasteiger partial charge in [-0.25, -0.2) is 4.79 Å². The van der Waals surface area contributed by atoms with Gasteiger partial charge in [-0.15, -0.1) is 0 Å². The molecule has 7 heteroatoms. The zero-order valence-electron chi connectivity index (χ0n) is 13.2. The molecule has 126 valence electrons. The third-order valence-corrected chi connectivity index (χ3v) is 7.81. The number of thioether (sulfide) groups is 2. The highest BCUT2D eigenvalue weighted by atomic mass is 32.2. The lowest BCUT2D eigenvalue weighted by molar-refractivity contribution is -0.117. The highest BCUT2D eigenvalue weighted by molar-refractivity contribution is 8.39. The Morgan fingerprint density at radius 3 is 2.39 bits per heavy atom. The van der Waals surface area contributed by atoms with Crippen molar-refractivity contribution in [2.24, 2.45) is 22.7 Å². The number of nitrogens with zero attached hydrogens (tertiary/aromatic N) is 1. The lowest BCUT2D eigenvalue weighted by Crippen LogP contribution is -2.61. The molecule has 23 heavy (non-hydrogen) atoms. The molecule has 1 heterocycles. The zero-order chi connectivity index (χ0) is 15.9. The van der Waals surface area contributed by atoms with Crippen molar-refractivity contribution in [3.8, 4) is 0 Å². The first-order valence-electron chi connectivity index (χ1n) is 8.52. The molecule has 2 N–H and O–H groups in total. The van der Waals surface area contributed by atoms with Gasteiger partial charge in [0.2, 0.25) is 5.91 Å². The Labute approximate surface area is 145 Å². The Balaban J connectivity index is 1.27. The first-order valence-corrected chi connectivity index (χ1v) is 10.5. The largest absolute Gasteiger partial charge is 0.332 e. The van der Waals surface area contributed by atoms with Crippen LogP contribution in [0.25, 0.3) is 0 Å². The van der Waals surface area contributed by atoms with Gasteiger partial charge in [-0.1, -0.05) is 23.5 Å². The summed E-state index contributed by atoms with van der Waals surface area (Å²) < 4.78 is 0.960. The van der Waals surface area contributed by atoms with Gasteiger partial charge in [-0.2, -0.15) is 0 Å². The van der Waals surface area contributed by atoms with Gasteiger partial charge in [0.25, 0.3) is 0 Å². The maximum atomic E-state index is 12.2. The molecule has 0 radical (unpaired) electrons. The average molecular weight is 354 g/mol. The molecule has 0 atom stereocenters. The molecular formula is C16H23N3O2S2. The van der Waals surface area contributed by atoms with Crippen molar-refractivity contribution in [2.75, 3.05) is 18.1 Å². The predicted octanol–water partition coefficient (Wildman–Crippen LogP) is 2.62. The minimum atomic E-state index is -0.307. The number of hydrogen-bond acceptors (Lipinski definition) is 5. The van der Waals surface area contributed by atoms with Crippen LogP contribution in [-0.4, -0.2) is 39.9 Å². The van der Waals surface area contributed by atoms with Gasteiger partial charge in [0.1, 0.15) is 4.38 Å². The molecular weight excluding hydrogens is 330 g/mol. The molecule has 0 aromatic heterocycles. The van der Waals surface area contributed by atoms with Gasteiger partial charge in [0.05, 0.1) is 12.3 Å². The molecule has 0 aromatic carbocycles. The van der Waals surface area contributed by atoms with Gasteiger partial charge >= 0.3 is 6.03 Å². The quantitative estimate of drug-likeness (QED) is 0.818. The van der Waals surface area contributed by atoms with E-state index in [2.05, 4.69) is 15.6 Å². The number of rotatable bonds is 3. The van der Waals surface area contributed by atoms with Gasteiger partial charge in [-0.3, -0.25) is 15.1 Å². The number of carbonyl (C=O) groups excluding carboxylic acids is 2. The predicted molar refractivity (Wildman–Crippen MR) is 94.8 cm³/mol.